The van der Waals surface area contributed by atoms with Crippen LogP contribution in [0.15, 0.2) is 69.9 Å². The normalized spacial score (nSPS) is 10.9. The molecule has 0 spiro atoms. The standard InChI is InChI=1S/C26H24O4/c1-16-5-7-19(8-6-16)15-29-26-23(27)22-14-17(2)13-18(3)24(22)30-25(26)20-9-11-21(28-4)12-10-20/h5-14H,15H2,1-4H3. The number of hydrogen-bond donors (Lipinski definition) is 0. The third-order valence-corrected chi connectivity index (χ3v) is 5.14. The minimum atomic E-state index is -0.166. The first-order valence-electron chi connectivity index (χ1n) is 9.87. The zero-order valence-corrected chi connectivity index (χ0v) is 17.6. The predicted molar refractivity (Wildman–Crippen MR) is 119 cm³/mol. The lowest BCUT2D eigenvalue weighted by atomic mass is 10.1. The third-order valence-electron chi connectivity index (χ3n) is 5.14. The van der Waals surface area contributed by atoms with Crippen molar-refractivity contribution in [1.82, 2.24) is 0 Å². The molecule has 0 saturated carbocycles. The molecule has 0 aliphatic rings. The minimum absolute atomic E-state index is 0.166. The molecule has 4 nitrogen and oxygen atoms in total. The lowest BCUT2D eigenvalue weighted by Gasteiger charge is -2.13. The lowest BCUT2D eigenvalue weighted by molar-refractivity contribution is 0.298. The Kier molecular flexibility index (Phi) is 5.32. The Morgan fingerprint density at radius 2 is 1.57 bits per heavy atom. The molecule has 0 atom stereocenters. The zero-order chi connectivity index (χ0) is 21.3. The summed E-state index contributed by atoms with van der Waals surface area (Å²) in [5, 5.41) is 0.531. The van der Waals surface area contributed by atoms with Crippen molar-refractivity contribution in [3.8, 4) is 22.8 Å². The Morgan fingerprint density at radius 1 is 0.867 bits per heavy atom. The van der Waals surface area contributed by atoms with Crippen LogP contribution in [0.25, 0.3) is 22.3 Å². The van der Waals surface area contributed by atoms with Crippen molar-refractivity contribution in [3.05, 3.63) is 93.1 Å². The van der Waals surface area contributed by atoms with Crippen molar-refractivity contribution in [3.63, 3.8) is 0 Å². The minimum Gasteiger partial charge on any atom is -0.497 e. The quantitative estimate of drug-likeness (QED) is 0.414. The van der Waals surface area contributed by atoms with Crippen LogP contribution in [0.1, 0.15) is 22.3 Å². The van der Waals surface area contributed by atoms with Gasteiger partial charge in [0.2, 0.25) is 11.2 Å². The van der Waals surface area contributed by atoms with Gasteiger partial charge >= 0.3 is 0 Å². The molecular formula is C26H24O4. The van der Waals surface area contributed by atoms with Crippen LogP contribution in [-0.2, 0) is 6.61 Å². The Bertz CT molecular complexity index is 1250. The molecule has 0 amide bonds. The van der Waals surface area contributed by atoms with E-state index >= 15 is 0 Å². The van der Waals surface area contributed by atoms with Crippen molar-refractivity contribution in [2.24, 2.45) is 0 Å². The van der Waals surface area contributed by atoms with Gasteiger partial charge in [-0.05, 0) is 67.8 Å². The highest BCUT2D eigenvalue weighted by atomic mass is 16.5. The van der Waals surface area contributed by atoms with Crippen LogP contribution in [0.4, 0.5) is 0 Å². The molecule has 4 aromatic rings. The highest BCUT2D eigenvalue weighted by Gasteiger charge is 2.19. The average molecular weight is 400 g/mol. The van der Waals surface area contributed by atoms with Crippen LogP contribution < -0.4 is 14.9 Å². The lowest BCUT2D eigenvalue weighted by Crippen LogP contribution is -2.11. The van der Waals surface area contributed by atoms with Crippen LogP contribution in [0.5, 0.6) is 11.5 Å². The van der Waals surface area contributed by atoms with E-state index in [4.69, 9.17) is 13.9 Å². The smallest absolute Gasteiger partial charge is 0.235 e. The van der Waals surface area contributed by atoms with Crippen LogP contribution in [-0.4, -0.2) is 7.11 Å². The molecule has 0 fully saturated rings. The van der Waals surface area contributed by atoms with Crippen LogP contribution in [0.3, 0.4) is 0 Å². The molecule has 4 heteroatoms. The summed E-state index contributed by atoms with van der Waals surface area (Å²) in [6.45, 7) is 6.23. The van der Waals surface area contributed by atoms with Gasteiger partial charge in [0.05, 0.1) is 12.5 Å². The second-order valence-electron chi connectivity index (χ2n) is 7.55. The summed E-state index contributed by atoms with van der Waals surface area (Å²) in [4.78, 5) is 13.4. The molecule has 0 bridgehead atoms. The predicted octanol–water partition coefficient (Wildman–Crippen LogP) is 5.97. The van der Waals surface area contributed by atoms with E-state index in [2.05, 4.69) is 0 Å². The summed E-state index contributed by atoms with van der Waals surface area (Å²) in [5.41, 5.74) is 5.26. The number of fused-ring (bicyclic) bond motifs is 1. The van der Waals surface area contributed by atoms with Gasteiger partial charge in [0.1, 0.15) is 17.9 Å². The molecule has 30 heavy (non-hydrogen) atoms. The van der Waals surface area contributed by atoms with E-state index in [1.54, 1.807) is 7.11 Å². The number of ether oxygens (including phenoxy) is 2. The molecule has 0 saturated heterocycles. The van der Waals surface area contributed by atoms with Crippen LogP contribution in [0.2, 0.25) is 0 Å². The van der Waals surface area contributed by atoms with Crippen molar-refractivity contribution in [2.45, 2.75) is 27.4 Å². The van der Waals surface area contributed by atoms with E-state index in [0.29, 0.717) is 16.7 Å². The van der Waals surface area contributed by atoms with Crippen LogP contribution >= 0.6 is 0 Å². The van der Waals surface area contributed by atoms with Gasteiger partial charge in [-0.3, -0.25) is 4.79 Å². The Labute approximate surface area is 175 Å². The molecule has 0 N–H and O–H groups in total. The zero-order valence-electron chi connectivity index (χ0n) is 17.6. The molecule has 0 aliphatic heterocycles. The maximum atomic E-state index is 13.4. The summed E-state index contributed by atoms with van der Waals surface area (Å²) < 4.78 is 17.6. The van der Waals surface area contributed by atoms with Gasteiger partial charge in [0.25, 0.3) is 0 Å². The first-order valence-corrected chi connectivity index (χ1v) is 9.87. The fourth-order valence-electron chi connectivity index (χ4n) is 3.54. The van der Waals surface area contributed by atoms with Gasteiger partial charge in [-0.15, -0.1) is 0 Å². The Morgan fingerprint density at radius 3 is 2.23 bits per heavy atom. The molecule has 0 unspecified atom stereocenters. The number of hydrogen-bond acceptors (Lipinski definition) is 4. The summed E-state index contributed by atoms with van der Waals surface area (Å²) in [6, 6.07) is 19.3. The fourth-order valence-corrected chi connectivity index (χ4v) is 3.54. The van der Waals surface area contributed by atoms with Gasteiger partial charge < -0.3 is 13.9 Å². The van der Waals surface area contributed by atoms with Crippen molar-refractivity contribution in [2.75, 3.05) is 7.11 Å². The Balaban J connectivity index is 1.86. The van der Waals surface area contributed by atoms with Crippen molar-refractivity contribution in [1.29, 1.82) is 0 Å². The van der Waals surface area contributed by atoms with E-state index in [1.165, 1.54) is 5.56 Å². The number of rotatable bonds is 5. The van der Waals surface area contributed by atoms with Crippen molar-refractivity contribution >= 4 is 11.0 Å². The molecule has 0 radical (unpaired) electrons. The molecule has 152 valence electrons. The SMILES string of the molecule is COc1ccc(-c2oc3c(C)cc(C)cc3c(=O)c2OCc2ccc(C)cc2)cc1. The summed E-state index contributed by atoms with van der Waals surface area (Å²) in [6.07, 6.45) is 0. The summed E-state index contributed by atoms with van der Waals surface area (Å²) in [5.74, 6) is 1.38. The maximum Gasteiger partial charge on any atom is 0.235 e. The second kappa shape index (κ2) is 8.07. The maximum absolute atomic E-state index is 13.4. The highest BCUT2D eigenvalue weighted by Crippen LogP contribution is 2.33. The van der Waals surface area contributed by atoms with Gasteiger partial charge in [-0.1, -0.05) is 35.9 Å². The van der Waals surface area contributed by atoms with Gasteiger partial charge in [0, 0.05) is 5.56 Å². The molecule has 4 rings (SSSR count). The Hall–Kier alpha value is -3.53. The summed E-state index contributed by atoms with van der Waals surface area (Å²) >= 11 is 0. The van der Waals surface area contributed by atoms with E-state index in [9.17, 15) is 4.79 Å². The first-order chi connectivity index (χ1) is 14.5. The first kappa shape index (κ1) is 19.8. The van der Waals surface area contributed by atoms with E-state index in [1.807, 2.05) is 81.4 Å². The molecule has 1 aromatic heterocycles. The van der Waals surface area contributed by atoms with E-state index in [0.717, 1.165) is 28.0 Å². The van der Waals surface area contributed by atoms with Crippen molar-refractivity contribution < 1.29 is 13.9 Å². The van der Waals surface area contributed by atoms with Gasteiger partial charge in [-0.25, -0.2) is 0 Å². The molecule has 3 aromatic carbocycles. The largest absolute Gasteiger partial charge is 0.497 e. The number of aryl methyl sites for hydroxylation is 3. The topological polar surface area (TPSA) is 48.7 Å². The van der Waals surface area contributed by atoms with E-state index < -0.39 is 0 Å². The fraction of sp³-hybridized carbons (Fsp3) is 0.192. The third kappa shape index (κ3) is 3.81. The molecule has 1 heterocycles. The number of benzene rings is 3. The highest BCUT2D eigenvalue weighted by molar-refractivity contribution is 5.85. The molecular weight excluding hydrogens is 376 g/mol. The van der Waals surface area contributed by atoms with E-state index in [-0.39, 0.29) is 17.8 Å². The van der Waals surface area contributed by atoms with Gasteiger partial charge in [0.15, 0.2) is 5.76 Å². The average Bonchev–Trinajstić information content (AvgIpc) is 2.75. The van der Waals surface area contributed by atoms with Gasteiger partial charge in [-0.2, -0.15) is 0 Å². The molecule has 0 aliphatic carbocycles. The number of methoxy groups -OCH3 is 1. The summed E-state index contributed by atoms with van der Waals surface area (Å²) in [7, 11) is 1.62. The monoisotopic (exact) mass is 400 g/mol. The second-order valence-corrected chi connectivity index (χ2v) is 7.55. The van der Waals surface area contributed by atoms with Crippen LogP contribution in [0, 0.1) is 20.8 Å².